The summed E-state index contributed by atoms with van der Waals surface area (Å²) in [5, 5.41) is 0.0112. The molecule has 1 rings (SSSR count). The summed E-state index contributed by atoms with van der Waals surface area (Å²) < 4.78 is 38.0. The first-order valence-corrected chi connectivity index (χ1v) is 6.60. The average molecular weight is 286 g/mol. The van der Waals surface area contributed by atoms with Gasteiger partial charge in [0, 0.05) is 24.7 Å². The highest BCUT2D eigenvalue weighted by Crippen LogP contribution is 2.32. The molecular weight excluding hydrogens is 273 g/mol. The molecule has 0 heterocycles. The van der Waals surface area contributed by atoms with Crippen LogP contribution in [0.3, 0.4) is 0 Å². The van der Waals surface area contributed by atoms with E-state index in [9.17, 15) is 18.0 Å². The summed E-state index contributed by atoms with van der Waals surface area (Å²) in [6, 6.07) is 3.96. The van der Waals surface area contributed by atoms with Gasteiger partial charge in [-0.2, -0.15) is 13.2 Å². The smallest absolute Gasteiger partial charge is 0.288 e. The van der Waals surface area contributed by atoms with Gasteiger partial charge in [-0.25, -0.2) is 0 Å². The molecule has 0 saturated heterocycles. The number of thioether (sulfide) groups is 1. The maximum absolute atomic E-state index is 12.7. The number of alkyl halides is 3. The van der Waals surface area contributed by atoms with Gasteiger partial charge in [-0.15, -0.1) is 0 Å². The van der Waals surface area contributed by atoms with E-state index in [1.54, 1.807) is 6.07 Å². The van der Waals surface area contributed by atoms with Crippen LogP contribution >= 0.6 is 11.8 Å². The number of halogens is 3. The Morgan fingerprint density at radius 2 is 2.05 bits per heavy atom. The van der Waals surface area contributed by atoms with Crippen LogP contribution in [0, 0.1) is 18.8 Å². The fraction of sp³-hybridized carbons (Fsp3) is 0.357. The van der Waals surface area contributed by atoms with Gasteiger partial charge in [0.25, 0.3) is 0 Å². The normalized spacial score (nSPS) is 10.8. The van der Waals surface area contributed by atoms with Gasteiger partial charge in [-0.1, -0.05) is 29.7 Å². The average Bonchev–Trinajstić information content (AvgIpc) is 2.28. The Kier molecular flexibility index (Phi) is 5.49. The number of benzene rings is 1. The molecular formula is C14H13F3OS. The van der Waals surface area contributed by atoms with Gasteiger partial charge >= 0.3 is 6.18 Å². The second kappa shape index (κ2) is 6.67. The molecule has 102 valence electrons. The van der Waals surface area contributed by atoms with Gasteiger partial charge < -0.3 is 0 Å². The van der Waals surface area contributed by atoms with Gasteiger partial charge in [0.1, 0.15) is 0 Å². The van der Waals surface area contributed by atoms with Crippen molar-refractivity contribution in [2.45, 2.75) is 26.4 Å². The van der Waals surface area contributed by atoms with Crippen LogP contribution in [0.15, 0.2) is 18.2 Å². The molecule has 1 nitrogen and oxygen atoms in total. The number of hydrogen-bond acceptors (Lipinski definition) is 2. The van der Waals surface area contributed by atoms with Gasteiger partial charge in [0.05, 0.1) is 5.56 Å². The van der Waals surface area contributed by atoms with Crippen LogP contribution < -0.4 is 0 Å². The van der Waals surface area contributed by atoms with Crippen molar-refractivity contribution in [2.24, 2.45) is 0 Å². The second-order valence-electron chi connectivity index (χ2n) is 3.87. The van der Waals surface area contributed by atoms with Crippen LogP contribution in [0.1, 0.15) is 30.0 Å². The molecule has 0 N–H and O–H groups in total. The fourth-order valence-corrected chi connectivity index (χ4v) is 1.97. The van der Waals surface area contributed by atoms with E-state index in [2.05, 4.69) is 11.8 Å². The van der Waals surface area contributed by atoms with Crippen LogP contribution in [0.2, 0.25) is 0 Å². The minimum absolute atomic E-state index is 0.0112. The molecule has 0 aliphatic heterocycles. The third-order valence-corrected chi connectivity index (χ3v) is 3.21. The van der Waals surface area contributed by atoms with Crippen molar-refractivity contribution in [2.75, 3.05) is 5.75 Å². The Hall–Kier alpha value is -1.41. The van der Waals surface area contributed by atoms with Crippen LogP contribution in [0.5, 0.6) is 0 Å². The van der Waals surface area contributed by atoms with Crippen molar-refractivity contribution >= 4 is 16.9 Å². The van der Waals surface area contributed by atoms with Crippen molar-refractivity contribution in [3.05, 3.63) is 34.9 Å². The lowest BCUT2D eigenvalue weighted by Crippen LogP contribution is -2.08. The SMILES string of the molecule is CC(=O)SCCC#Cc1cccc(C(F)(F)F)c1C. The molecule has 0 fully saturated rings. The van der Waals surface area contributed by atoms with E-state index in [0.717, 1.165) is 17.8 Å². The Morgan fingerprint density at radius 1 is 1.37 bits per heavy atom. The van der Waals surface area contributed by atoms with E-state index in [1.165, 1.54) is 19.9 Å². The number of hydrogen-bond donors (Lipinski definition) is 0. The van der Waals surface area contributed by atoms with Gasteiger partial charge in [0.15, 0.2) is 5.12 Å². The summed E-state index contributed by atoms with van der Waals surface area (Å²) in [5.41, 5.74) is -0.137. The molecule has 0 aliphatic rings. The molecule has 0 spiro atoms. The molecule has 0 atom stereocenters. The topological polar surface area (TPSA) is 17.1 Å². The van der Waals surface area contributed by atoms with E-state index in [-0.39, 0.29) is 10.7 Å². The summed E-state index contributed by atoms with van der Waals surface area (Å²) in [6.45, 7) is 2.88. The number of carbonyl (C=O) groups excluding carboxylic acids is 1. The van der Waals surface area contributed by atoms with Crippen molar-refractivity contribution in [1.82, 2.24) is 0 Å². The zero-order chi connectivity index (χ0) is 14.5. The molecule has 0 unspecified atom stereocenters. The zero-order valence-corrected chi connectivity index (χ0v) is 11.4. The third kappa shape index (κ3) is 4.99. The van der Waals surface area contributed by atoms with E-state index >= 15 is 0 Å². The lowest BCUT2D eigenvalue weighted by molar-refractivity contribution is -0.138. The monoisotopic (exact) mass is 286 g/mol. The maximum Gasteiger partial charge on any atom is 0.416 e. The van der Waals surface area contributed by atoms with E-state index in [4.69, 9.17) is 0 Å². The number of rotatable bonds is 2. The lowest BCUT2D eigenvalue weighted by Gasteiger charge is -2.10. The Balaban J connectivity index is 2.80. The van der Waals surface area contributed by atoms with Crippen molar-refractivity contribution in [3.8, 4) is 11.8 Å². The molecule has 1 aromatic carbocycles. The Labute approximate surface area is 114 Å². The molecule has 0 radical (unpaired) electrons. The van der Waals surface area contributed by atoms with Crippen LogP contribution in [0.4, 0.5) is 13.2 Å². The third-order valence-electron chi connectivity index (χ3n) is 2.39. The number of carbonyl (C=O) groups is 1. The molecule has 0 saturated carbocycles. The first-order chi connectivity index (χ1) is 8.82. The van der Waals surface area contributed by atoms with Gasteiger partial charge in [-0.3, -0.25) is 4.79 Å². The molecule has 0 bridgehead atoms. The standard InChI is InChI=1S/C14H13F3OS/c1-10-12(6-3-4-9-19-11(2)18)7-5-8-13(10)14(15,16)17/h5,7-8H,4,9H2,1-2H3. The van der Waals surface area contributed by atoms with Crippen molar-refractivity contribution in [1.29, 1.82) is 0 Å². The summed E-state index contributed by atoms with van der Waals surface area (Å²) >= 11 is 1.16. The molecule has 0 amide bonds. The second-order valence-corrected chi connectivity index (χ2v) is 5.14. The largest absolute Gasteiger partial charge is 0.416 e. The fourth-order valence-electron chi connectivity index (χ4n) is 1.48. The van der Waals surface area contributed by atoms with Crippen molar-refractivity contribution in [3.63, 3.8) is 0 Å². The van der Waals surface area contributed by atoms with Crippen LogP contribution in [0.25, 0.3) is 0 Å². The highest BCUT2D eigenvalue weighted by atomic mass is 32.2. The minimum atomic E-state index is -4.35. The molecule has 5 heteroatoms. The van der Waals surface area contributed by atoms with Gasteiger partial charge in [0.2, 0.25) is 0 Å². The Bertz CT molecular complexity index is 524. The van der Waals surface area contributed by atoms with Crippen LogP contribution in [-0.4, -0.2) is 10.9 Å². The lowest BCUT2D eigenvalue weighted by atomic mass is 10.0. The van der Waals surface area contributed by atoms with E-state index in [0.29, 0.717) is 17.7 Å². The molecule has 19 heavy (non-hydrogen) atoms. The zero-order valence-electron chi connectivity index (χ0n) is 10.6. The first-order valence-electron chi connectivity index (χ1n) is 5.61. The summed E-state index contributed by atoms with van der Waals surface area (Å²) in [5.74, 6) is 6.07. The summed E-state index contributed by atoms with van der Waals surface area (Å²) in [6.07, 6.45) is -3.88. The van der Waals surface area contributed by atoms with E-state index in [1.807, 2.05) is 0 Å². The molecule has 0 aliphatic carbocycles. The maximum atomic E-state index is 12.7. The van der Waals surface area contributed by atoms with E-state index < -0.39 is 11.7 Å². The minimum Gasteiger partial charge on any atom is -0.288 e. The first kappa shape index (κ1) is 15.6. The molecule has 0 aromatic heterocycles. The Morgan fingerprint density at radius 3 is 2.63 bits per heavy atom. The van der Waals surface area contributed by atoms with Crippen molar-refractivity contribution < 1.29 is 18.0 Å². The highest BCUT2D eigenvalue weighted by Gasteiger charge is 2.32. The van der Waals surface area contributed by atoms with Gasteiger partial charge in [-0.05, 0) is 24.6 Å². The predicted molar refractivity (Wildman–Crippen MR) is 70.8 cm³/mol. The molecule has 1 aromatic rings. The summed E-state index contributed by atoms with van der Waals surface area (Å²) in [7, 11) is 0. The summed E-state index contributed by atoms with van der Waals surface area (Å²) in [4.78, 5) is 10.7. The highest BCUT2D eigenvalue weighted by molar-refractivity contribution is 8.13. The van der Waals surface area contributed by atoms with Crippen LogP contribution in [-0.2, 0) is 11.0 Å². The quantitative estimate of drug-likeness (QED) is 0.603. The predicted octanol–water partition coefficient (Wildman–Crippen LogP) is 4.04.